The van der Waals surface area contributed by atoms with E-state index in [2.05, 4.69) is 27.1 Å². The first kappa shape index (κ1) is 14.6. The fourth-order valence-corrected chi connectivity index (χ4v) is 1.35. The Morgan fingerprint density at radius 3 is 2.53 bits per heavy atom. The number of anilines is 2. The average molecular weight is 259 g/mol. The fraction of sp³-hybridized carbons (Fsp3) is 0.286. The van der Waals surface area contributed by atoms with E-state index in [0.717, 1.165) is 11.5 Å². The molecule has 1 rings (SSSR count). The zero-order valence-electron chi connectivity index (χ0n) is 11.5. The van der Waals surface area contributed by atoms with Crippen molar-refractivity contribution in [3.05, 3.63) is 24.3 Å². The number of hydrogen-bond acceptors (Lipinski definition) is 3. The van der Waals surface area contributed by atoms with Crippen molar-refractivity contribution in [3.8, 4) is 12.0 Å². The van der Waals surface area contributed by atoms with Crippen LogP contribution in [0.5, 0.6) is 0 Å². The number of benzene rings is 1. The molecule has 0 bridgehead atoms. The molecule has 1 aromatic carbocycles. The molecule has 0 aliphatic heterocycles. The minimum absolute atomic E-state index is 0.596. The molecular weight excluding hydrogens is 242 g/mol. The van der Waals surface area contributed by atoms with Crippen LogP contribution in [-0.4, -0.2) is 26.0 Å². The maximum atomic E-state index is 11.3. The van der Waals surface area contributed by atoms with E-state index < -0.39 is 6.09 Å². The molecule has 1 N–H and O–H groups in total. The number of aliphatic imine (C=N–C) groups is 1. The number of nitrogens with zero attached hydrogens (tertiary/aromatic N) is 2. The molecule has 100 valence electrons. The minimum atomic E-state index is -0.596. The maximum absolute atomic E-state index is 11.3. The van der Waals surface area contributed by atoms with Crippen molar-refractivity contribution in [2.45, 2.75) is 13.8 Å². The fourth-order valence-electron chi connectivity index (χ4n) is 1.35. The molecule has 0 radical (unpaired) electrons. The summed E-state index contributed by atoms with van der Waals surface area (Å²) in [4.78, 5) is 17.3. The van der Waals surface area contributed by atoms with Gasteiger partial charge in [0.05, 0.1) is 5.84 Å². The molecule has 1 amide bonds. The molecule has 0 heterocycles. The summed E-state index contributed by atoms with van der Waals surface area (Å²) >= 11 is 0. The van der Waals surface area contributed by atoms with Crippen LogP contribution in [0, 0.1) is 12.0 Å². The molecule has 0 atom stereocenters. The third-order valence-corrected chi connectivity index (χ3v) is 2.56. The van der Waals surface area contributed by atoms with E-state index in [4.69, 9.17) is 0 Å². The number of carbonyl (C=O) groups is 1. The first-order chi connectivity index (χ1) is 9.08. The largest absolute Gasteiger partial charge is 0.425 e. The van der Waals surface area contributed by atoms with Crippen LogP contribution < -0.4 is 10.2 Å². The maximum Gasteiger partial charge on any atom is 0.425 e. The van der Waals surface area contributed by atoms with Gasteiger partial charge in [0.2, 0.25) is 0 Å². The van der Waals surface area contributed by atoms with E-state index in [1.165, 1.54) is 0 Å². The predicted octanol–water partition coefficient (Wildman–Crippen LogP) is 2.70. The van der Waals surface area contributed by atoms with Crippen molar-refractivity contribution in [1.82, 2.24) is 0 Å². The lowest BCUT2D eigenvalue weighted by atomic mass is 10.2. The summed E-state index contributed by atoms with van der Waals surface area (Å²) in [5.41, 5.74) is 1.63. The monoisotopic (exact) mass is 259 g/mol. The number of hydrogen-bond donors (Lipinski definition) is 1. The summed E-state index contributed by atoms with van der Waals surface area (Å²) in [6, 6.07) is 7.34. The predicted molar refractivity (Wildman–Crippen MR) is 77.4 cm³/mol. The summed E-state index contributed by atoms with van der Waals surface area (Å²) in [6.45, 7) is 3.52. The zero-order chi connectivity index (χ0) is 14.3. The number of carbonyl (C=O) groups excluding carboxylic acids is 1. The van der Waals surface area contributed by atoms with Crippen molar-refractivity contribution in [1.29, 1.82) is 0 Å². The van der Waals surface area contributed by atoms with E-state index in [1.807, 2.05) is 31.0 Å². The Hall–Kier alpha value is -2.48. The van der Waals surface area contributed by atoms with Gasteiger partial charge in [0.1, 0.15) is 6.11 Å². The second kappa shape index (κ2) is 7.07. The van der Waals surface area contributed by atoms with Crippen molar-refractivity contribution in [3.63, 3.8) is 0 Å². The van der Waals surface area contributed by atoms with Gasteiger partial charge in [-0.05, 0) is 31.2 Å². The quantitative estimate of drug-likeness (QED) is 0.504. The molecule has 0 fully saturated rings. The molecule has 0 unspecified atom stereocenters. The van der Waals surface area contributed by atoms with Gasteiger partial charge < -0.3 is 9.64 Å². The Morgan fingerprint density at radius 2 is 2.00 bits per heavy atom. The molecule has 0 saturated carbocycles. The lowest BCUT2D eigenvalue weighted by Gasteiger charge is -2.18. The van der Waals surface area contributed by atoms with Crippen LogP contribution in [0.4, 0.5) is 16.2 Å². The van der Waals surface area contributed by atoms with E-state index in [-0.39, 0.29) is 0 Å². The summed E-state index contributed by atoms with van der Waals surface area (Å²) < 4.78 is 4.59. The van der Waals surface area contributed by atoms with E-state index >= 15 is 0 Å². The molecule has 1 aromatic rings. The Morgan fingerprint density at radius 1 is 1.37 bits per heavy atom. The molecule has 5 heteroatoms. The van der Waals surface area contributed by atoms with Gasteiger partial charge in [0.15, 0.2) is 0 Å². The highest BCUT2D eigenvalue weighted by Gasteiger charge is 2.05. The third kappa shape index (κ3) is 4.36. The van der Waals surface area contributed by atoms with Gasteiger partial charge in [0, 0.05) is 32.4 Å². The summed E-state index contributed by atoms with van der Waals surface area (Å²) in [6.07, 6.45) is 1.64. The zero-order valence-corrected chi connectivity index (χ0v) is 11.5. The molecule has 0 saturated heterocycles. The second-order valence-electron chi connectivity index (χ2n) is 3.74. The number of nitrogens with one attached hydrogen (secondary N) is 1. The number of amides is 1. The summed E-state index contributed by atoms with van der Waals surface area (Å²) in [7, 11) is 3.67. The van der Waals surface area contributed by atoms with Crippen molar-refractivity contribution < 1.29 is 9.53 Å². The average Bonchev–Trinajstić information content (AvgIpc) is 2.44. The molecule has 0 spiro atoms. The first-order valence-electron chi connectivity index (χ1n) is 5.75. The Labute approximate surface area is 113 Å². The van der Waals surface area contributed by atoms with Gasteiger partial charge in [-0.3, -0.25) is 10.3 Å². The number of amidine groups is 1. The highest BCUT2D eigenvalue weighted by molar-refractivity contribution is 5.95. The summed E-state index contributed by atoms with van der Waals surface area (Å²) in [5, 5.41) is 2.57. The number of rotatable bonds is 2. The van der Waals surface area contributed by atoms with Crippen LogP contribution in [0.2, 0.25) is 0 Å². The van der Waals surface area contributed by atoms with Gasteiger partial charge in [-0.15, -0.1) is 0 Å². The lowest BCUT2D eigenvalue weighted by Crippen LogP contribution is -2.23. The highest BCUT2D eigenvalue weighted by atomic mass is 16.5. The Kier molecular flexibility index (Phi) is 5.42. The molecule has 0 aliphatic carbocycles. The van der Waals surface area contributed by atoms with Crippen LogP contribution in [0.25, 0.3) is 0 Å². The van der Waals surface area contributed by atoms with Crippen molar-refractivity contribution >= 4 is 23.3 Å². The molecule has 0 aliphatic rings. The van der Waals surface area contributed by atoms with Gasteiger partial charge in [-0.25, -0.2) is 4.79 Å². The van der Waals surface area contributed by atoms with Gasteiger partial charge in [-0.1, -0.05) is 5.92 Å². The second-order valence-corrected chi connectivity index (χ2v) is 3.74. The van der Waals surface area contributed by atoms with Crippen LogP contribution in [0.15, 0.2) is 29.3 Å². The van der Waals surface area contributed by atoms with Crippen LogP contribution in [-0.2, 0) is 4.74 Å². The topological polar surface area (TPSA) is 53.9 Å². The van der Waals surface area contributed by atoms with Gasteiger partial charge in [-0.2, -0.15) is 0 Å². The molecule has 0 aromatic heterocycles. The van der Waals surface area contributed by atoms with Crippen molar-refractivity contribution in [2.75, 3.05) is 24.3 Å². The smallest absolute Gasteiger partial charge is 0.356 e. The Bertz CT molecular complexity index is 524. The number of ether oxygens (including phenoxy) is 1. The molecular formula is C14H17N3O2. The lowest BCUT2D eigenvalue weighted by molar-refractivity contribution is 0.207. The van der Waals surface area contributed by atoms with E-state index in [1.54, 1.807) is 26.1 Å². The first-order valence-corrected chi connectivity index (χ1v) is 5.75. The van der Waals surface area contributed by atoms with Crippen LogP contribution >= 0.6 is 0 Å². The SMILES string of the molecule is CC#COC(=O)Nc1ccc(N(C)C(C)=NC)cc1. The van der Waals surface area contributed by atoms with Gasteiger partial charge in [0.25, 0.3) is 0 Å². The highest BCUT2D eigenvalue weighted by Crippen LogP contribution is 2.17. The minimum Gasteiger partial charge on any atom is -0.356 e. The van der Waals surface area contributed by atoms with E-state index in [0.29, 0.717) is 5.69 Å². The molecule has 5 nitrogen and oxygen atoms in total. The summed E-state index contributed by atoms with van der Waals surface area (Å²) in [5.74, 6) is 3.38. The Balaban J connectivity index is 2.70. The standard InChI is InChI=1S/C14H17N3O2/c1-5-10-19-14(18)16-12-6-8-13(9-7-12)17(4)11(2)15-3/h6-9H,1-4H3,(H,16,18). The van der Waals surface area contributed by atoms with Gasteiger partial charge >= 0.3 is 6.09 Å². The third-order valence-electron chi connectivity index (χ3n) is 2.56. The van der Waals surface area contributed by atoms with E-state index in [9.17, 15) is 4.79 Å². The van der Waals surface area contributed by atoms with Crippen molar-refractivity contribution in [2.24, 2.45) is 4.99 Å². The van der Waals surface area contributed by atoms with Crippen LogP contribution in [0.3, 0.4) is 0 Å². The van der Waals surface area contributed by atoms with Crippen LogP contribution in [0.1, 0.15) is 13.8 Å². The molecule has 19 heavy (non-hydrogen) atoms. The normalized spacial score (nSPS) is 10.2.